The Morgan fingerprint density at radius 1 is 1.50 bits per heavy atom. The van der Waals surface area contributed by atoms with E-state index in [1.54, 1.807) is 11.4 Å². The SMILES string of the molecule is O=C(O)c1sccc1Cn1cc(C(F)(F)F)cn1. The van der Waals surface area contributed by atoms with Gasteiger partial charge in [0.25, 0.3) is 0 Å². The first kappa shape index (κ1) is 12.6. The van der Waals surface area contributed by atoms with Crippen LogP contribution in [0.5, 0.6) is 0 Å². The highest BCUT2D eigenvalue weighted by molar-refractivity contribution is 7.12. The number of aromatic nitrogens is 2. The molecule has 0 fully saturated rings. The van der Waals surface area contributed by atoms with Gasteiger partial charge in [-0.15, -0.1) is 11.3 Å². The van der Waals surface area contributed by atoms with Gasteiger partial charge in [-0.1, -0.05) is 0 Å². The van der Waals surface area contributed by atoms with Crippen LogP contribution < -0.4 is 0 Å². The Balaban J connectivity index is 2.22. The predicted molar refractivity (Wildman–Crippen MR) is 57.6 cm³/mol. The van der Waals surface area contributed by atoms with Gasteiger partial charge in [-0.3, -0.25) is 4.68 Å². The normalized spacial score (nSPS) is 11.7. The fourth-order valence-corrected chi connectivity index (χ4v) is 2.17. The van der Waals surface area contributed by atoms with Crippen molar-refractivity contribution in [1.29, 1.82) is 0 Å². The van der Waals surface area contributed by atoms with Crippen molar-refractivity contribution in [2.45, 2.75) is 12.7 Å². The number of carbonyl (C=O) groups is 1. The van der Waals surface area contributed by atoms with Crippen LogP contribution in [0.3, 0.4) is 0 Å². The molecule has 2 heterocycles. The summed E-state index contributed by atoms with van der Waals surface area (Å²) in [5.74, 6) is -1.09. The third-order valence-corrected chi connectivity index (χ3v) is 3.18. The van der Waals surface area contributed by atoms with Gasteiger partial charge in [-0.2, -0.15) is 18.3 Å². The average molecular weight is 276 g/mol. The summed E-state index contributed by atoms with van der Waals surface area (Å²) >= 11 is 1.03. The van der Waals surface area contributed by atoms with Crippen molar-refractivity contribution in [2.75, 3.05) is 0 Å². The molecular weight excluding hydrogens is 269 g/mol. The van der Waals surface area contributed by atoms with Crippen molar-refractivity contribution in [3.63, 3.8) is 0 Å². The van der Waals surface area contributed by atoms with Crippen LogP contribution in [0.2, 0.25) is 0 Å². The molecule has 2 aromatic heterocycles. The summed E-state index contributed by atoms with van der Waals surface area (Å²) < 4.78 is 38.1. The van der Waals surface area contributed by atoms with Crippen LogP contribution in [-0.2, 0) is 12.7 Å². The number of carboxylic acid groups (broad SMARTS) is 1. The monoisotopic (exact) mass is 276 g/mol. The quantitative estimate of drug-likeness (QED) is 0.937. The van der Waals surface area contributed by atoms with E-state index in [-0.39, 0.29) is 11.4 Å². The molecule has 0 atom stereocenters. The molecule has 0 aliphatic heterocycles. The molecule has 0 unspecified atom stereocenters. The molecule has 0 spiro atoms. The zero-order valence-corrected chi connectivity index (χ0v) is 9.63. The number of hydrogen-bond donors (Lipinski definition) is 1. The Kier molecular flexibility index (Phi) is 3.12. The largest absolute Gasteiger partial charge is 0.477 e. The second-order valence-corrected chi connectivity index (χ2v) is 4.42. The van der Waals surface area contributed by atoms with Crippen molar-refractivity contribution < 1.29 is 23.1 Å². The van der Waals surface area contributed by atoms with Crippen LogP contribution in [-0.4, -0.2) is 20.9 Å². The number of aromatic carboxylic acids is 1. The van der Waals surface area contributed by atoms with Crippen molar-refractivity contribution in [2.24, 2.45) is 0 Å². The molecule has 0 aliphatic carbocycles. The summed E-state index contributed by atoms with van der Waals surface area (Å²) in [6.45, 7) is 0.00120. The van der Waals surface area contributed by atoms with E-state index in [0.717, 1.165) is 22.2 Å². The Morgan fingerprint density at radius 2 is 2.22 bits per heavy atom. The Labute approximate surface area is 103 Å². The summed E-state index contributed by atoms with van der Waals surface area (Å²) in [5.41, 5.74) is -0.418. The van der Waals surface area contributed by atoms with Gasteiger partial charge in [0.2, 0.25) is 0 Å². The number of halogens is 3. The van der Waals surface area contributed by atoms with E-state index in [1.165, 1.54) is 0 Å². The molecule has 2 rings (SSSR count). The highest BCUT2D eigenvalue weighted by atomic mass is 32.1. The van der Waals surface area contributed by atoms with E-state index in [4.69, 9.17) is 5.11 Å². The second kappa shape index (κ2) is 4.45. The van der Waals surface area contributed by atoms with Gasteiger partial charge in [0.15, 0.2) is 0 Å². The van der Waals surface area contributed by atoms with Gasteiger partial charge in [-0.25, -0.2) is 4.79 Å². The maximum absolute atomic E-state index is 12.3. The van der Waals surface area contributed by atoms with Crippen molar-refractivity contribution >= 4 is 17.3 Å². The first-order valence-corrected chi connectivity index (χ1v) is 5.65. The maximum atomic E-state index is 12.3. The standard InChI is InChI=1S/C10H7F3N2O2S/c11-10(12,13)7-3-14-15(5-7)4-6-1-2-18-8(6)9(16)17/h1-3,5H,4H2,(H,16,17). The van der Waals surface area contributed by atoms with Crippen LogP contribution in [0.1, 0.15) is 20.8 Å². The lowest BCUT2D eigenvalue weighted by molar-refractivity contribution is -0.137. The van der Waals surface area contributed by atoms with E-state index >= 15 is 0 Å². The van der Waals surface area contributed by atoms with E-state index in [9.17, 15) is 18.0 Å². The van der Waals surface area contributed by atoms with Crippen LogP contribution in [0.15, 0.2) is 23.8 Å². The summed E-state index contributed by atoms with van der Waals surface area (Å²) in [6.07, 6.45) is -2.88. The highest BCUT2D eigenvalue weighted by Gasteiger charge is 2.32. The first-order valence-electron chi connectivity index (χ1n) is 4.77. The molecule has 4 nitrogen and oxygen atoms in total. The third kappa shape index (κ3) is 2.53. The topological polar surface area (TPSA) is 55.1 Å². The van der Waals surface area contributed by atoms with Crippen LogP contribution in [0.25, 0.3) is 0 Å². The van der Waals surface area contributed by atoms with Gasteiger partial charge in [0.05, 0.1) is 18.3 Å². The van der Waals surface area contributed by atoms with Crippen molar-refractivity contribution in [1.82, 2.24) is 9.78 Å². The number of nitrogens with zero attached hydrogens (tertiary/aromatic N) is 2. The van der Waals surface area contributed by atoms with Crippen LogP contribution in [0.4, 0.5) is 13.2 Å². The molecule has 0 amide bonds. The Morgan fingerprint density at radius 3 is 2.78 bits per heavy atom. The molecule has 0 aliphatic rings. The van der Waals surface area contributed by atoms with Crippen LogP contribution in [0, 0.1) is 0 Å². The van der Waals surface area contributed by atoms with E-state index in [2.05, 4.69) is 5.10 Å². The van der Waals surface area contributed by atoms with Gasteiger partial charge >= 0.3 is 12.1 Å². The number of carboxylic acids is 1. The van der Waals surface area contributed by atoms with E-state index < -0.39 is 17.7 Å². The fourth-order valence-electron chi connectivity index (χ4n) is 1.42. The molecule has 2 aromatic rings. The lowest BCUT2D eigenvalue weighted by Gasteiger charge is -2.02. The molecule has 0 bridgehead atoms. The second-order valence-electron chi connectivity index (χ2n) is 3.50. The Bertz CT molecular complexity index is 574. The third-order valence-electron chi connectivity index (χ3n) is 2.23. The van der Waals surface area contributed by atoms with Gasteiger partial charge in [0.1, 0.15) is 4.88 Å². The highest BCUT2D eigenvalue weighted by Crippen LogP contribution is 2.28. The van der Waals surface area contributed by atoms with E-state index in [0.29, 0.717) is 11.8 Å². The molecular formula is C10H7F3N2O2S. The summed E-state index contributed by atoms with van der Waals surface area (Å²) in [4.78, 5) is 10.9. The molecule has 18 heavy (non-hydrogen) atoms. The number of rotatable bonds is 3. The average Bonchev–Trinajstić information content (AvgIpc) is 2.85. The minimum Gasteiger partial charge on any atom is -0.477 e. The summed E-state index contributed by atoms with van der Waals surface area (Å²) in [7, 11) is 0. The van der Waals surface area contributed by atoms with Crippen molar-refractivity contribution in [3.8, 4) is 0 Å². The number of hydrogen-bond acceptors (Lipinski definition) is 3. The molecule has 0 saturated heterocycles. The smallest absolute Gasteiger partial charge is 0.419 e. The number of alkyl halides is 3. The predicted octanol–water partition coefficient (Wildman–Crippen LogP) is 2.71. The minimum atomic E-state index is -4.44. The zero-order chi connectivity index (χ0) is 13.3. The Hall–Kier alpha value is -1.83. The molecule has 1 N–H and O–H groups in total. The lowest BCUT2D eigenvalue weighted by atomic mass is 10.2. The van der Waals surface area contributed by atoms with Crippen LogP contribution >= 0.6 is 11.3 Å². The van der Waals surface area contributed by atoms with E-state index in [1.807, 2.05) is 0 Å². The van der Waals surface area contributed by atoms with Gasteiger partial charge in [0, 0.05) is 6.20 Å². The molecule has 0 aromatic carbocycles. The number of thiophene rings is 1. The van der Waals surface area contributed by atoms with Gasteiger partial charge < -0.3 is 5.11 Å². The zero-order valence-electron chi connectivity index (χ0n) is 8.81. The molecule has 96 valence electrons. The molecule has 8 heteroatoms. The summed E-state index contributed by atoms with van der Waals surface area (Å²) in [6, 6.07) is 1.56. The molecule has 0 radical (unpaired) electrons. The van der Waals surface area contributed by atoms with Gasteiger partial charge in [-0.05, 0) is 17.0 Å². The minimum absolute atomic E-state index is 0.00120. The lowest BCUT2D eigenvalue weighted by Crippen LogP contribution is -2.05. The summed E-state index contributed by atoms with van der Waals surface area (Å²) in [5, 5.41) is 14.0. The van der Waals surface area contributed by atoms with Crippen molar-refractivity contribution in [3.05, 3.63) is 39.8 Å². The fraction of sp³-hybridized carbons (Fsp3) is 0.200. The first-order chi connectivity index (χ1) is 8.38. The maximum Gasteiger partial charge on any atom is 0.419 e. The molecule has 0 saturated carbocycles.